The number of aryl methyl sites for hydroxylation is 1. The van der Waals surface area contributed by atoms with Crippen molar-refractivity contribution in [2.24, 2.45) is 5.73 Å². The van der Waals surface area contributed by atoms with Crippen LogP contribution in [0.5, 0.6) is 0 Å². The second-order valence-electron chi connectivity index (χ2n) is 2.12. The Kier molecular flexibility index (Phi) is 7.84. The molecule has 0 unspecified atom stereocenters. The molecule has 0 atom stereocenters. The Bertz CT molecular complexity index is 240. The van der Waals surface area contributed by atoms with Crippen molar-refractivity contribution in [3.8, 4) is 0 Å². The minimum atomic E-state index is 0. The summed E-state index contributed by atoms with van der Waals surface area (Å²) in [6.45, 7) is 2.42. The third kappa shape index (κ3) is 3.59. The summed E-state index contributed by atoms with van der Waals surface area (Å²) < 4.78 is 0. The normalized spacial score (nSPS) is 8.25. The quantitative estimate of drug-likeness (QED) is 0.803. The van der Waals surface area contributed by atoms with E-state index in [1.807, 2.05) is 13.0 Å². The lowest BCUT2D eigenvalue weighted by Crippen LogP contribution is -2.01. The topological polar surface area (TPSA) is 38.9 Å². The maximum Gasteiger partial charge on any atom is 0.0592 e. The molecule has 0 spiro atoms. The highest BCUT2D eigenvalue weighted by molar-refractivity contribution is 6.30. The zero-order chi connectivity index (χ0) is 7.56. The summed E-state index contributed by atoms with van der Waals surface area (Å²) in [6.07, 6.45) is 1.61. The highest BCUT2D eigenvalue weighted by Gasteiger charge is 1.96. The zero-order valence-corrected chi connectivity index (χ0v) is 8.97. The predicted molar refractivity (Wildman–Crippen MR) is 56.4 cm³/mol. The molecule has 1 aromatic heterocycles. The van der Waals surface area contributed by atoms with Crippen LogP contribution in [0.15, 0.2) is 12.3 Å². The lowest BCUT2D eigenvalue weighted by molar-refractivity contribution is 0.969. The van der Waals surface area contributed by atoms with Crippen molar-refractivity contribution in [3.63, 3.8) is 0 Å². The van der Waals surface area contributed by atoms with Gasteiger partial charge in [-0.1, -0.05) is 11.6 Å². The number of hydrogen-bond donors (Lipinski definition) is 1. The molecule has 5 heteroatoms. The molecule has 0 fully saturated rings. The van der Waals surface area contributed by atoms with Gasteiger partial charge in [0.05, 0.1) is 10.7 Å². The largest absolute Gasteiger partial charge is 0.325 e. The molecule has 0 saturated heterocycles. The van der Waals surface area contributed by atoms with Crippen LogP contribution in [0.2, 0.25) is 5.02 Å². The average molecular weight is 230 g/mol. The summed E-state index contributed by atoms with van der Waals surface area (Å²) in [5, 5.41) is 0.662. The van der Waals surface area contributed by atoms with Crippen molar-refractivity contribution in [2.45, 2.75) is 13.5 Å². The van der Waals surface area contributed by atoms with Crippen molar-refractivity contribution in [1.29, 1.82) is 0 Å². The summed E-state index contributed by atoms with van der Waals surface area (Å²) in [4.78, 5) is 4.04. The third-order valence-corrected chi connectivity index (χ3v) is 1.55. The summed E-state index contributed by atoms with van der Waals surface area (Å²) in [5.74, 6) is 0. The molecule has 70 valence electrons. The van der Waals surface area contributed by atoms with Crippen LogP contribution >= 0.6 is 36.4 Å². The molecule has 0 radical (unpaired) electrons. The maximum atomic E-state index is 5.67. The van der Waals surface area contributed by atoms with E-state index in [1.165, 1.54) is 0 Å². The number of pyridine rings is 1. The number of rotatable bonds is 1. The van der Waals surface area contributed by atoms with E-state index in [1.54, 1.807) is 6.20 Å². The van der Waals surface area contributed by atoms with Gasteiger partial charge in [0, 0.05) is 12.7 Å². The van der Waals surface area contributed by atoms with Gasteiger partial charge >= 0.3 is 0 Å². The number of hydrogen-bond acceptors (Lipinski definition) is 2. The van der Waals surface area contributed by atoms with Crippen LogP contribution in [0.4, 0.5) is 0 Å². The molecular formula is C7H11Cl3N2. The van der Waals surface area contributed by atoms with Gasteiger partial charge in [0.2, 0.25) is 0 Å². The standard InChI is InChI=1S/C7H9ClN2.2ClH/c1-5-2-6(8)4-10-7(5)3-9;;/h2,4H,3,9H2,1H3;2*1H. The third-order valence-electron chi connectivity index (χ3n) is 1.35. The van der Waals surface area contributed by atoms with Gasteiger partial charge in [0.15, 0.2) is 0 Å². The lowest BCUT2D eigenvalue weighted by Gasteiger charge is -1.99. The van der Waals surface area contributed by atoms with E-state index in [-0.39, 0.29) is 24.8 Å². The molecule has 1 heterocycles. The first-order valence-corrected chi connectivity index (χ1v) is 3.43. The molecule has 1 rings (SSSR count). The van der Waals surface area contributed by atoms with Gasteiger partial charge in [-0.15, -0.1) is 24.8 Å². The fraction of sp³-hybridized carbons (Fsp3) is 0.286. The Morgan fingerprint density at radius 3 is 2.50 bits per heavy atom. The van der Waals surface area contributed by atoms with Crippen molar-refractivity contribution in [2.75, 3.05) is 0 Å². The summed E-state index contributed by atoms with van der Waals surface area (Å²) in [5.41, 5.74) is 7.35. The Balaban J connectivity index is 0. The highest BCUT2D eigenvalue weighted by atomic mass is 35.5. The highest BCUT2D eigenvalue weighted by Crippen LogP contribution is 2.10. The van der Waals surface area contributed by atoms with Crippen LogP contribution in [-0.2, 0) is 6.54 Å². The van der Waals surface area contributed by atoms with Crippen LogP contribution in [0, 0.1) is 6.92 Å². The predicted octanol–water partition coefficient (Wildman–Crippen LogP) is 2.35. The SMILES string of the molecule is Cc1cc(Cl)cnc1CN.Cl.Cl. The molecule has 12 heavy (non-hydrogen) atoms. The van der Waals surface area contributed by atoms with E-state index in [0.717, 1.165) is 11.3 Å². The molecular weight excluding hydrogens is 218 g/mol. The first-order valence-electron chi connectivity index (χ1n) is 3.05. The smallest absolute Gasteiger partial charge is 0.0592 e. The van der Waals surface area contributed by atoms with E-state index < -0.39 is 0 Å². The molecule has 0 saturated carbocycles. The van der Waals surface area contributed by atoms with E-state index >= 15 is 0 Å². The number of aromatic nitrogens is 1. The summed E-state index contributed by atoms with van der Waals surface area (Å²) in [6, 6.07) is 1.86. The Labute approximate surface area is 89.3 Å². The summed E-state index contributed by atoms with van der Waals surface area (Å²) >= 11 is 5.67. The van der Waals surface area contributed by atoms with Gasteiger partial charge in [0.25, 0.3) is 0 Å². The summed E-state index contributed by atoms with van der Waals surface area (Å²) in [7, 11) is 0. The first kappa shape index (κ1) is 14.5. The van der Waals surface area contributed by atoms with Gasteiger partial charge in [-0.2, -0.15) is 0 Å². The lowest BCUT2D eigenvalue weighted by atomic mass is 10.2. The average Bonchev–Trinajstić information content (AvgIpc) is 1.88. The van der Waals surface area contributed by atoms with Gasteiger partial charge in [-0.25, -0.2) is 0 Å². The first-order chi connectivity index (χ1) is 4.74. The van der Waals surface area contributed by atoms with Gasteiger partial charge in [-0.05, 0) is 18.6 Å². The van der Waals surface area contributed by atoms with E-state index in [2.05, 4.69) is 4.98 Å². The van der Waals surface area contributed by atoms with Crippen molar-refractivity contribution < 1.29 is 0 Å². The Morgan fingerprint density at radius 1 is 1.50 bits per heavy atom. The van der Waals surface area contributed by atoms with Gasteiger partial charge in [0.1, 0.15) is 0 Å². The molecule has 1 aromatic rings. The monoisotopic (exact) mass is 228 g/mol. The Hall–Kier alpha value is -0.0200. The minimum Gasteiger partial charge on any atom is -0.325 e. The molecule has 0 aliphatic heterocycles. The van der Waals surface area contributed by atoms with Crippen LogP contribution in [0.1, 0.15) is 11.3 Å². The second-order valence-corrected chi connectivity index (χ2v) is 2.56. The molecule has 0 aliphatic rings. The number of nitrogens with zero attached hydrogens (tertiary/aromatic N) is 1. The fourth-order valence-corrected chi connectivity index (χ4v) is 0.995. The molecule has 2 nitrogen and oxygen atoms in total. The van der Waals surface area contributed by atoms with Crippen LogP contribution < -0.4 is 5.73 Å². The molecule has 0 aliphatic carbocycles. The van der Waals surface area contributed by atoms with Crippen LogP contribution in [0.3, 0.4) is 0 Å². The number of nitrogens with two attached hydrogens (primary N) is 1. The van der Waals surface area contributed by atoms with Crippen LogP contribution in [-0.4, -0.2) is 4.98 Å². The maximum absolute atomic E-state index is 5.67. The Morgan fingerprint density at radius 2 is 2.08 bits per heavy atom. The zero-order valence-electron chi connectivity index (χ0n) is 6.58. The molecule has 0 bridgehead atoms. The molecule has 0 aromatic carbocycles. The second kappa shape index (κ2) is 6.49. The number of halogens is 3. The van der Waals surface area contributed by atoms with Gasteiger partial charge in [-0.3, -0.25) is 4.98 Å². The molecule has 2 N–H and O–H groups in total. The van der Waals surface area contributed by atoms with E-state index in [9.17, 15) is 0 Å². The fourth-order valence-electron chi connectivity index (χ4n) is 0.782. The van der Waals surface area contributed by atoms with E-state index in [0.29, 0.717) is 11.6 Å². The molecule has 0 amide bonds. The van der Waals surface area contributed by atoms with Crippen molar-refractivity contribution >= 4 is 36.4 Å². The minimum absolute atomic E-state index is 0. The van der Waals surface area contributed by atoms with Gasteiger partial charge < -0.3 is 5.73 Å². The van der Waals surface area contributed by atoms with E-state index in [4.69, 9.17) is 17.3 Å². The van der Waals surface area contributed by atoms with Crippen molar-refractivity contribution in [1.82, 2.24) is 4.98 Å². The van der Waals surface area contributed by atoms with Crippen molar-refractivity contribution in [3.05, 3.63) is 28.5 Å². The van der Waals surface area contributed by atoms with Crippen LogP contribution in [0.25, 0.3) is 0 Å².